The van der Waals surface area contributed by atoms with Crippen molar-refractivity contribution in [2.45, 2.75) is 6.92 Å². The fraction of sp³-hybridized carbons (Fsp3) is 0.222. The molecule has 5 heteroatoms. The van der Waals surface area contributed by atoms with Gasteiger partial charge in [0.05, 0.1) is 16.1 Å². The van der Waals surface area contributed by atoms with Crippen molar-refractivity contribution in [2.24, 2.45) is 7.05 Å². The molecule has 0 saturated carbocycles. The van der Waals surface area contributed by atoms with Crippen LogP contribution in [0.15, 0.2) is 18.2 Å². The molecule has 0 aliphatic heterocycles. The summed E-state index contributed by atoms with van der Waals surface area (Å²) in [6.07, 6.45) is 0. The number of benzene rings is 1. The molecule has 1 heterocycles. The Morgan fingerprint density at radius 3 is 2.86 bits per heavy atom. The molecule has 0 amide bonds. The van der Waals surface area contributed by atoms with Crippen molar-refractivity contribution in [3.05, 3.63) is 34.0 Å². The van der Waals surface area contributed by atoms with Crippen molar-refractivity contribution in [1.29, 1.82) is 0 Å². The molecule has 0 radical (unpaired) electrons. The maximum absolute atomic E-state index is 10.5. The minimum atomic E-state index is -0.401. The third-order valence-corrected chi connectivity index (χ3v) is 2.23. The van der Waals surface area contributed by atoms with Crippen molar-refractivity contribution in [3.8, 4) is 0 Å². The Morgan fingerprint density at radius 2 is 2.21 bits per heavy atom. The minimum Gasteiger partial charge on any atom is -0.267 e. The summed E-state index contributed by atoms with van der Waals surface area (Å²) in [5.41, 5.74) is 1.77. The summed E-state index contributed by atoms with van der Waals surface area (Å²) >= 11 is 0. The van der Waals surface area contributed by atoms with E-state index in [1.165, 1.54) is 12.1 Å². The van der Waals surface area contributed by atoms with Gasteiger partial charge in [-0.15, -0.1) is 0 Å². The van der Waals surface area contributed by atoms with E-state index in [1.54, 1.807) is 17.8 Å². The maximum atomic E-state index is 10.5. The van der Waals surface area contributed by atoms with E-state index in [1.807, 2.05) is 6.92 Å². The lowest BCUT2D eigenvalue weighted by Gasteiger charge is -1.94. The Balaban J connectivity index is 2.77. The van der Waals surface area contributed by atoms with E-state index < -0.39 is 4.92 Å². The fourth-order valence-electron chi connectivity index (χ4n) is 1.54. The number of hydrogen-bond donors (Lipinski definition) is 0. The summed E-state index contributed by atoms with van der Waals surface area (Å²) in [5, 5.41) is 15.7. The van der Waals surface area contributed by atoms with E-state index in [4.69, 9.17) is 0 Å². The highest BCUT2D eigenvalue weighted by Gasteiger charge is 2.10. The van der Waals surface area contributed by atoms with Gasteiger partial charge in [0.1, 0.15) is 0 Å². The molecule has 14 heavy (non-hydrogen) atoms. The molecule has 2 aromatic rings. The van der Waals surface area contributed by atoms with Gasteiger partial charge in [0.2, 0.25) is 0 Å². The SMILES string of the molecule is Cc1nn(C)c2cc([N+](=O)[O-])ccc12. The molecule has 0 atom stereocenters. The van der Waals surface area contributed by atoms with Crippen LogP contribution in [0.5, 0.6) is 0 Å². The van der Waals surface area contributed by atoms with Gasteiger partial charge in [0.25, 0.3) is 5.69 Å². The van der Waals surface area contributed by atoms with Crippen molar-refractivity contribution in [3.63, 3.8) is 0 Å². The number of nitro benzene ring substituents is 1. The molecule has 0 aliphatic carbocycles. The number of rotatable bonds is 1. The van der Waals surface area contributed by atoms with Crippen LogP contribution in [0, 0.1) is 17.0 Å². The molecule has 0 bridgehead atoms. The van der Waals surface area contributed by atoms with Crippen LogP contribution in [0.2, 0.25) is 0 Å². The monoisotopic (exact) mass is 191 g/mol. The number of nitrogens with zero attached hydrogens (tertiary/aromatic N) is 3. The van der Waals surface area contributed by atoms with Crippen molar-refractivity contribution < 1.29 is 4.92 Å². The van der Waals surface area contributed by atoms with Gasteiger partial charge >= 0.3 is 0 Å². The predicted octanol–water partition coefficient (Wildman–Crippen LogP) is 1.79. The second kappa shape index (κ2) is 2.80. The van der Waals surface area contributed by atoms with Crippen LogP contribution in [0.4, 0.5) is 5.69 Å². The summed E-state index contributed by atoms with van der Waals surface area (Å²) in [5.74, 6) is 0. The first-order valence-corrected chi connectivity index (χ1v) is 4.17. The largest absolute Gasteiger partial charge is 0.271 e. The average Bonchev–Trinajstić information content (AvgIpc) is 2.42. The number of aryl methyl sites for hydroxylation is 2. The number of hydrogen-bond acceptors (Lipinski definition) is 3. The highest BCUT2D eigenvalue weighted by molar-refractivity contribution is 5.83. The second-order valence-corrected chi connectivity index (χ2v) is 3.17. The molecule has 1 aromatic heterocycles. The van der Waals surface area contributed by atoms with Gasteiger partial charge < -0.3 is 0 Å². The lowest BCUT2D eigenvalue weighted by molar-refractivity contribution is -0.384. The summed E-state index contributed by atoms with van der Waals surface area (Å²) in [4.78, 5) is 10.1. The molecule has 0 N–H and O–H groups in total. The molecule has 0 saturated heterocycles. The zero-order valence-electron chi connectivity index (χ0n) is 7.89. The number of nitro groups is 1. The highest BCUT2D eigenvalue weighted by atomic mass is 16.6. The number of fused-ring (bicyclic) bond motifs is 1. The predicted molar refractivity (Wildman–Crippen MR) is 52.1 cm³/mol. The minimum absolute atomic E-state index is 0.0977. The quantitative estimate of drug-likeness (QED) is 0.510. The van der Waals surface area contributed by atoms with Crippen molar-refractivity contribution >= 4 is 16.6 Å². The Morgan fingerprint density at radius 1 is 1.50 bits per heavy atom. The number of non-ortho nitro benzene ring substituents is 1. The molecule has 72 valence electrons. The third kappa shape index (κ3) is 1.14. The zero-order chi connectivity index (χ0) is 10.3. The normalized spacial score (nSPS) is 10.7. The molecule has 1 aromatic carbocycles. The van der Waals surface area contributed by atoms with Gasteiger partial charge in [-0.2, -0.15) is 5.10 Å². The van der Waals surface area contributed by atoms with Crippen LogP contribution in [-0.4, -0.2) is 14.7 Å². The van der Waals surface area contributed by atoms with Crippen LogP contribution in [0.3, 0.4) is 0 Å². The molecular weight excluding hydrogens is 182 g/mol. The average molecular weight is 191 g/mol. The van der Waals surface area contributed by atoms with Crippen LogP contribution in [-0.2, 0) is 7.05 Å². The van der Waals surface area contributed by atoms with Crippen LogP contribution < -0.4 is 0 Å². The molecule has 0 spiro atoms. The summed E-state index contributed by atoms with van der Waals surface area (Å²) < 4.78 is 1.65. The van der Waals surface area contributed by atoms with Crippen LogP contribution >= 0.6 is 0 Å². The molecule has 0 aliphatic rings. The highest BCUT2D eigenvalue weighted by Crippen LogP contribution is 2.22. The van der Waals surface area contributed by atoms with E-state index >= 15 is 0 Å². The van der Waals surface area contributed by atoms with E-state index in [0.29, 0.717) is 0 Å². The Labute approximate surface area is 80.1 Å². The molecule has 0 unspecified atom stereocenters. The summed E-state index contributed by atoms with van der Waals surface area (Å²) in [6.45, 7) is 1.88. The lowest BCUT2D eigenvalue weighted by Crippen LogP contribution is -1.91. The van der Waals surface area contributed by atoms with Crippen molar-refractivity contribution in [1.82, 2.24) is 9.78 Å². The van der Waals surface area contributed by atoms with Gasteiger partial charge in [-0.1, -0.05) is 0 Å². The maximum Gasteiger partial charge on any atom is 0.271 e. The third-order valence-electron chi connectivity index (χ3n) is 2.23. The molecule has 5 nitrogen and oxygen atoms in total. The Hall–Kier alpha value is -1.91. The van der Waals surface area contributed by atoms with E-state index in [-0.39, 0.29) is 5.69 Å². The van der Waals surface area contributed by atoms with Gasteiger partial charge in [-0.05, 0) is 13.0 Å². The number of aromatic nitrogens is 2. The van der Waals surface area contributed by atoms with Gasteiger partial charge in [0.15, 0.2) is 0 Å². The van der Waals surface area contributed by atoms with Gasteiger partial charge in [-0.25, -0.2) is 0 Å². The molecular formula is C9H9N3O2. The zero-order valence-corrected chi connectivity index (χ0v) is 7.89. The van der Waals surface area contributed by atoms with E-state index in [2.05, 4.69) is 5.10 Å². The van der Waals surface area contributed by atoms with Crippen molar-refractivity contribution in [2.75, 3.05) is 0 Å². The van der Waals surface area contributed by atoms with Gasteiger partial charge in [-0.3, -0.25) is 14.8 Å². The van der Waals surface area contributed by atoms with Crippen LogP contribution in [0.1, 0.15) is 5.69 Å². The smallest absolute Gasteiger partial charge is 0.267 e. The van der Waals surface area contributed by atoms with Crippen LogP contribution in [0.25, 0.3) is 10.9 Å². The molecule has 2 rings (SSSR count). The topological polar surface area (TPSA) is 61.0 Å². The van der Waals surface area contributed by atoms with E-state index in [9.17, 15) is 10.1 Å². The first-order chi connectivity index (χ1) is 6.59. The first-order valence-electron chi connectivity index (χ1n) is 4.17. The fourth-order valence-corrected chi connectivity index (χ4v) is 1.54. The van der Waals surface area contributed by atoms with Gasteiger partial charge in [0, 0.05) is 24.6 Å². The Kier molecular flexibility index (Phi) is 1.73. The Bertz CT molecular complexity index is 516. The standard InChI is InChI=1S/C9H9N3O2/c1-6-8-4-3-7(12(13)14)5-9(8)11(2)10-6/h3-5H,1-2H3. The summed E-state index contributed by atoms with van der Waals surface area (Å²) in [7, 11) is 1.78. The first kappa shape index (κ1) is 8.68. The summed E-state index contributed by atoms with van der Waals surface area (Å²) in [6, 6.07) is 4.77. The lowest BCUT2D eigenvalue weighted by atomic mass is 10.2. The van der Waals surface area contributed by atoms with E-state index in [0.717, 1.165) is 16.6 Å². The molecule has 0 fully saturated rings. The second-order valence-electron chi connectivity index (χ2n) is 3.17.